The summed E-state index contributed by atoms with van der Waals surface area (Å²) in [5.74, 6) is -0.647. The van der Waals surface area contributed by atoms with E-state index in [0.29, 0.717) is 12.2 Å². The Kier molecular flexibility index (Phi) is 10.2. The summed E-state index contributed by atoms with van der Waals surface area (Å²) in [4.78, 5) is 33.7. The summed E-state index contributed by atoms with van der Waals surface area (Å²) in [6.45, 7) is 12.6. The largest absolute Gasteiger partial charge is 0.462 e. The third kappa shape index (κ3) is 8.29. The molecule has 1 atom stereocenters. The van der Waals surface area contributed by atoms with Crippen molar-refractivity contribution in [3.8, 4) is 11.3 Å². The van der Waals surface area contributed by atoms with E-state index in [1.165, 1.54) is 5.56 Å². The second-order valence-corrected chi connectivity index (χ2v) is 11.9. The molecule has 0 fully saturated rings. The van der Waals surface area contributed by atoms with Gasteiger partial charge in [-0.05, 0) is 121 Å². The molecule has 0 spiro atoms. The minimum Gasteiger partial charge on any atom is -0.462 e. The number of nitrogens with one attached hydrogen (secondary N) is 2. The predicted molar refractivity (Wildman–Crippen MR) is 168 cm³/mol. The lowest BCUT2D eigenvalue weighted by Crippen LogP contribution is -2.30. The quantitative estimate of drug-likeness (QED) is 0.136. The number of nitrogens with zero attached hydrogens (tertiary/aromatic N) is 1. The molecule has 42 heavy (non-hydrogen) atoms. The zero-order valence-corrected chi connectivity index (χ0v) is 25.7. The van der Waals surface area contributed by atoms with E-state index in [9.17, 15) is 9.59 Å². The van der Waals surface area contributed by atoms with Gasteiger partial charge in [0.1, 0.15) is 5.60 Å². The fraction of sp³-hybridized carbons (Fsp3) is 0.400. The van der Waals surface area contributed by atoms with Crippen molar-refractivity contribution in [3.63, 3.8) is 0 Å². The minimum atomic E-state index is -0.597. The first-order valence-corrected chi connectivity index (χ1v) is 14.8. The molecule has 222 valence electrons. The van der Waals surface area contributed by atoms with E-state index in [1.807, 2.05) is 57.4 Å². The van der Waals surface area contributed by atoms with Gasteiger partial charge in [-0.15, -0.1) is 0 Å². The van der Waals surface area contributed by atoms with Gasteiger partial charge in [0, 0.05) is 34.9 Å². The number of hydrogen-bond donors (Lipinski definition) is 2. The molecule has 0 saturated heterocycles. The van der Waals surface area contributed by atoms with Crippen molar-refractivity contribution in [1.29, 1.82) is 0 Å². The summed E-state index contributed by atoms with van der Waals surface area (Å²) >= 11 is 0. The lowest BCUT2D eigenvalue weighted by Gasteiger charge is -2.24. The van der Waals surface area contributed by atoms with E-state index in [1.54, 1.807) is 13.0 Å². The van der Waals surface area contributed by atoms with Gasteiger partial charge >= 0.3 is 11.9 Å². The fourth-order valence-electron chi connectivity index (χ4n) is 5.37. The molecule has 0 saturated carbocycles. The maximum absolute atomic E-state index is 13.2. The standard InChI is InChI=1S/C35H43N3O4/c1-7-41-34(40)26-11-12-29-28(21-26)32(33(38-29)27-19-23(2)18-24(3)20-27)30(22-31(39)42-35(4,5)6)37-15-9-8-10-25-13-16-36-17-14-25/h11-14,16-21,30,37-38H,7-10,15,22H2,1-6H3. The maximum Gasteiger partial charge on any atom is 0.338 e. The molecule has 2 aromatic carbocycles. The number of carbonyl (C=O) groups excluding carboxylic acids is 2. The number of ether oxygens (including phenoxy) is 2. The van der Waals surface area contributed by atoms with Gasteiger partial charge in [0.05, 0.1) is 24.3 Å². The number of aryl methyl sites for hydroxylation is 3. The number of pyridine rings is 1. The highest BCUT2D eigenvalue weighted by atomic mass is 16.6. The van der Waals surface area contributed by atoms with Crippen molar-refractivity contribution in [2.24, 2.45) is 0 Å². The Morgan fingerprint density at radius 3 is 2.36 bits per heavy atom. The molecule has 0 bridgehead atoms. The van der Waals surface area contributed by atoms with Crippen LogP contribution in [0, 0.1) is 13.8 Å². The van der Waals surface area contributed by atoms with Gasteiger partial charge in [-0.2, -0.15) is 0 Å². The molecule has 0 radical (unpaired) electrons. The maximum atomic E-state index is 13.2. The molecule has 2 N–H and O–H groups in total. The van der Waals surface area contributed by atoms with Crippen molar-refractivity contribution in [2.45, 2.75) is 78.9 Å². The fourth-order valence-corrected chi connectivity index (χ4v) is 5.37. The van der Waals surface area contributed by atoms with Crippen LogP contribution in [0.25, 0.3) is 22.2 Å². The van der Waals surface area contributed by atoms with E-state index in [-0.39, 0.29) is 24.4 Å². The van der Waals surface area contributed by atoms with Crippen LogP contribution in [0.3, 0.4) is 0 Å². The number of fused-ring (bicyclic) bond motifs is 1. The number of rotatable bonds is 12. The number of esters is 2. The molecule has 0 aliphatic rings. The number of benzene rings is 2. The summed E-state index contributed by atoms with van der Waals surface area (Å²) in [6.07, 6.45) is 6.69. The molecule has 2 heterocycles. The number of hydrogen-bond acceptors (Lipinski definition) is 6. The van der Waals surface area contributed by atoms with E-state index in [4.69, 9.17) is 9.47 Å². The van der Waals surface area contributed by atoms with E-state index >= 15 is 0 Å². The average molecular weight is 570 g/mol. The van der Waals surface area contributed by atoms with Crippen molar-refractivity contribution in [1.82, 2.24) is 15.3 Å². The Hall–Kier alpha value is -3.97. The van der Waals surface area contributed by atoms with Crippen molar-refractivity contribution >= 4 is 22.8 Å². The summed E-state index contributed by atoms with van der Waals surface area (Å²) in [5, 5.41) is 4.56. The van der Waals surface area contributed by atoms with Crippen LogP contribution >= 0.6 is 0 Å². The van der Waals surface area contributed by atoms with Gasteiger partial charge in [-0.1, -0.05) is 17.2 Å². The number of H-pyrrole nitrogens is 1. The zero-order valence-electron chi connectivity index (χ0n) is 25.7. The molecule has 7 heteroatoms. The van der Waals surface area contributed by atoms with Crippen molar-refractivity contribution < 1.29 is 19.1 Å². The van der Waals surface area contributed by atoms with E-state index in [2.05, 4.69) is 47.3 Å². The van der Waals surface area contributed by atoms with E-state index < -0.39 is 5.60 Å². The third-order valence-electron chi connectivity index (χ3n) is 7.03. The molecular weight excluding hydrogens is 526 g/mol. The zero-order chi connectivity index (χ0) is 30.3. The molecule has 0 aliphatic heterocycles. The van der Waals surface area contributed by atoms with Crippen LogP contribution < -0.4 is 5.32 Å². The molecule has 7 nitrogen and oxygen atoms in total. The van der Waals surface area contributed by atoms with Crippen LogP contribution in [-0.2, 0) is 20.7 Å². The highest BCUT2D eigenvalue weighted by Crippen LogP contribution is 2.38. The van der Waals surface area contributed by atoms with Crippen LogP contribution in [-0.4, -0.2) is 40.7 Å². The van der Waals surface area contributed by atoms with Gasteiger partial charge < -0.3 is 19.8 Å². The lowest BCUT2D eigenvalue weighted by molar-refractivity contribution is -0.155. The Bertz CT molecular complexity index is 1500. The molecule has 0 amide bonds. The first-order chi connectivity index (χ1) is 20.0. The Morgan fingerprint density at radius 1 is 0.976 bits per heavy atom. The number of aromatic amines is 1. The molecule has 4 rings (SSSR count). The molecular formula is C35H43N3O4. The second kappa shape index (κ2) is 13.8. The number of carbonyl (C=O) groups is 2. The SMILES string of the molecule is CCOC(=O)c1ccc2[nH]c(-c3cc(C)cc(C)c3)c(C(CC(=O)OC(C)(C)C)NCCCCc3ccncc3)c2c1. The lowest BCUT2D eigenvalue weighted by atomic mass is 9.94. The normalized spacial score (nSPS) is 12.3. The minimum absolute atomic E-state index is 0.149. The van der Waals surface area contributed by atoms with Gasteiger partial charge in [-0.25, -0.2) is 4.79 Å². The van der Waals surface area contributed by atoms with Crippen LogP contribution in [0.4, 0.5) is 0 Å². The molecule has 4 aromatic rings. The number of unbranched alkanes of at least 4 members (excludes halogenated alkanes) is 1. The first-order valence-electron chi connectivity index (χ1n) is 14.8. The van der Waals surface area contributed by atoms with Crippen molar-refractivity contribution in [2.75, 3.05) is 13.2 Å². The predicted octanol–water partition coefficient (Wildman–Crippen LogP) is 7.41. The van der Waals surface area contributed by atoms with E-state index in [0.717, 1.165) is 64.7 Å². The molecule has 1 unspecified atom stereocenters. The highest BCUT2D eigenvalue weighted by molar-refractivity contribution is 5.98. The topological polar surface area (TPSA) is 93.3 Å². The third-order valence-corrected chi connectivity index (χ3v) is 7.03. The van der Waals surface area contributed by atoms with Crippen LogP contribution in [0.2, 0.25) is 0 Å². The number of aromatic nitrogens is 2. The monoisotopic (exact) mass is 569 g/mol. The van der Waals surface area contributed by atoms with Gasteiger partial charge in [0.25, 0.3) is 0 Å². The highest BCUT2D eigenvalue weighted by Gasteiger charge is 2.27. The van der Waals surface area contributed by atoms with Crippen LogP contribution in [0.5, 0.6) is 0 Å². The summed E-state index contributed by atoms with van der Waals surface area (Å²) in [7, 11) is 0. The Balaban J connectivity index is 1.74. The van der Waals surface area contributed by atoms with Crippen LogP contribution in [0.1, 0.15) is 85.6 Å². The summed E-state index contributed by atoms with van der Waals surface area (Å²) < 4.78 is 11.1. The van der Waals surface area contributed by atoms with Gasteiger partial charge in [0.2, 0.25) is 0 Å². The first kappa shape index (κ1) is 31.0. The van der Waals surface area contributed by atoms with Gasteiger partial charge in [-0.3, -0.25) is 9.78 Å². The van der Waals surface area contributed by atoms with Crippen molar-refractivity contribution in [3.05, 3.63) is 88.7 Å². The second-order valence-electron chi connectivity index (χ2n) is 11.9. The van der Waals surface area contributed by atoms with Crippen LogP contribution in [0.15, 0.2) is 60.9 Å². The average Bonchev–Trinajstić information content (AvgIpc) is 3.30. The Labute approximate surface area is 249 Å². The smallest absolute Gasteiger partial charge is 0.338 e. The summed E-state index contributed by atoms with van der Waals surface area (Å²) in [5.41, 5.74) is 7.23. The summed E-state index contributed by atoms with van der Waals surface area (Å²) in [6, 6.07) is 15.7. The molecule has 2 aromatic heterocycles. The Morgan fingerprint density at radius 2 is 1.69 bits per heavy atom. The molecule has 0 aliphatic carbocycles. The van der Waals surface area contributed by atoms with Gasteiger partial charge in [0.15, 0.2) is 0 Å².